The Morgan fingerprint density at radius 2 is 2.08 bits per heavy atom. The van der Waals surface area contributed by atoms with Crippen molar-refractivity contribution >= 4 is 17.6 Å². The number of nitrogens with two attached hydrogens (primary N) is 1. The molecule has 6 nitrogen and oxygen atoms in total. The van der Waals surface area contributed by atoms with Crippen LogP contribution in [0, 0.1) is 6.92 Å². The Balaban J connectivity index is 1.87. The van der Waals surface area contributed by atoms with E-state index < -0.39 is 0 Å². The Bertz CT molecular complexity index is 788. The lowest BCUT2D eigenvalue weighted by Crippen LogP contribution is -2.34. The van der Waals surface area contributed by atoms with Crippen molar-refractivity contribution in [3.05, 3.63) is 47.7 Å². The first-order valence-electron chi connectivity index (χ1n) is 7.94. The van der Waals surface area contributed by atoms with E-state index in [-0.39, 0.29) is 11.8 Å². The molecule has 1 aromatic carbocycles. The fourth-order valence-corrected chi connectivity index (χ4v) is 2.79. The molecular weight excluding hydrogens is 304 g/mol. The number of carbonyl (C=O) groups is 2. The molecule has 0 radical (unpaired) electrons. The molecule has 2 amide bonds. The van der Waals surface area contributed by atoms with E-state index in [0.29, 0.717) is 37.4 Å². The first-order valence-corrected chi connectivity index (χ1v) is 7.94. The largest absolute Gasteiger partial charge is 0.383 e. The predicted octanol–water partition coefficient (Wildman–Crippen LogP) is 1.60. The van der Waals surface area contributed by atoms with Crippen LogP contribution in [0.1, 0.15) is 22.5 Å². The maximum Gasteiger partial charge on any atom is 0.253 e. The van der Waals surface area contributed by atoms with Gasteiger partial charge in [-0.25, -0.2) is 4.98 Å². The van der Waals surface area contributed by atoms with Crippen LogP contribution in [0.4, 0.5) is 5.82 Å². The number of nitrogens with zero attached hydrogens (tertiary/aromatic N) is 2. The Morgan fingerprint density at radius 3 is 2.88 bits per heavy atom. The summed E-state index contributed by atoms with van der Waals surface area (Å²) >= 11 is 0. The molecular formula is C18H20N4O2. The summed E-state index contributed by atoms with van der Waals surface area (Å²) in [6.45, 7) is 3.32. The number of aryl methyl sites for hydroxylation is 1. The second kappa shape index (κ2) is 6.70. The number of rotatable bonds is 2. The highest BCUT2D eigenvalue weighted by Crippen LogP contribution is 2.25. The van der Waals surface area contributed by atoms with Gasteiger partial charge in [-0.15, -0.1) is 0 Å². The van der Waals surface area contributed by atoms with Crippen molar-refractivity contribution in [3.63, 3.8) is 0 Å². The maximum absolute atomic E-state index is 12.7. The van der Waals surface area contributed by atoms with Crippen molar-refractivity contribution in [2.24, 2.45) is 0 Å². The summed E-state index contributed by atoms with van der Waals surface area (Å²) in [7, 11) is 0. The van der Waals surface area contributed by atoms with Crippen molar-refractivity contribution in [1.82, 2.24) is 15.2 Å². The van der Waals surface area contributed by atoms with E-state index in [0.717, 1.165) is 16.8 Å². The van der Waals surface area contributed by atoms with E-state index in [1.807, 2.05) is 37.3 Å². The number of carbonyl (C=O) groups excluding carboxylic acids is 2. The number of benzene rings is 1. The number of nitrogens with one attached hydrogen (secondary N) is 1. The minimum atomic E-state index is -0.0769. The lowest BCUT2D eigenvalue weighted by molar-refractivity contribution is -0.120. The molecule has 0 atom stereocenters. The number of hydrogen-bond acceptors (Lipinski definition) is 4. The number of anilines is 1. The summed E-state index contributed by atoms with van der Waals surface area (Å²) < 4.78 is 0. The molecule has 2 aromatic rings. The van der Waals surface area contributed by atoms with Gasteiger partial charge >= 0.3 is 0 Å². The third kappa shape index (κ3) is 3.37. The summed E-state index contributed by atoms with van der Waals surface area (Å²) in [6.07, 6.45) is 0.334. The predicted molar refractivity (Wildman–Crippen MR) is 92.4 cm³/mol. The first-order chi connectivity index (χ1) is 11.5. The van der Waals surface area contributed by atoms with Gasteiger partial charge in [-0.1, -0.05) is 12.1 Å². The Labute approximate surface area is 140 Å². The van der Waals surface area contributed by atoms with Crippen LogP contribution in [0.5, 0.6) is 0 Å². The summed E-state index contributed by atoms with van der Waals surface area (Å²) in [5.41, 5.74) is 9.11. The molecule has 3 rings (SSSR count). The van der Waals surface area contributed by atoms with Gasteiger partial charge in [0.15, 0.2) is 0 Å². The molecule has 1 aromatic heterocycles. The number of nitrogen functional groups attached to an aromatic ring is 1. The molecule has 0 aliphatic carbocycles. The standard InChI is InChI=1S/C18H20N4O2/c1-12-5-6-15(17(19)21-12)13-3-2-4-14(11-13)18(24)22-9-7-16(23)20-8-10-22/h2-6,11H,7-10H2,1H3,(H2,19,21)(H,20,23). The molecule has 1 saturated heterocycles. The van der Waals surface area contributed by atoms with E-state index in [2.05, 4.69) is 10.3 Å². The van der Waals surface area contributed by atoms with Crippen LogP contribution in [-0.2, 0) is 4.79 Å². The van der Waals surface area contributed by atoms with Gasteiger partial charge in [0, 0.05) is 42.9 Å². The van der Waals surface area contributed by atoms with E-state index in [4.69, 9.17) is 5.73 Å². The Hall–Kier alpha value is -2.89. The van der Waals surface area contributed by atoms with Crippen LogP contribution in [-0.4, -0.2) is 41.3 Å². The number of hydrogen-bond donors (Lipinski definition) is 2. The van der Waals surface area contributed by atoms with Gasteiger partial charge in [0.05, 0.1) is 0 Å². The van der Waals surface area contributed by atoms with Crippen molar-refractivity contribution in [3.8, 4) is 11.1 Å². The summed E-state index contributed by atoms with van der Waals surface area (Å²) in [6, 6.07) is 11.2. The lowest BCUT2D eigenvalue weighted by atomic mass is 10.0. The van der Waals surface area contributed by atoms with Crippen molar-refractivity contribution in [1.29, 1.82) is 0 Å². The van der Waals surface area contributed by atoms with Crippen molar-refractivity contribution in [2.75, 3.05) is 25.4 Å². The van der Waals surface area contributed by atoms with Crippen LogP contribution >= 0.6 is 0 Å². The SMILES string of the molecule is Cc1ccc(-c2cccc(C(=O)N3CCNC(=O)CC3)c2)c(N)n1. The number of amides is 2. The molecule has 1 fully saturated rings. The van der Waals surface area contributed by atoms with Crippen molar-refractivity contribution in [2.45, 2.75) is 13.3 Å². The molecule has 0 bridgehead atoms. The zero-order chi connectivity index (χ0) is 17.1. The van der Waals surface area contributed by atoms with Crippen LogP contribution in [0.25, 0.3) is 11.1 Å². The highest BCUT2D eigenvalue weighted by Gasteiger charge is 2.20. The quantitative estimate of drug-likeness (QED) is 0.878. The van der Waals surface area contributed by atoms with E-state index in [1.54, 1.807) is 11.0 Å². The Kier molecular flexibility index (Phi) is 4.46. The lowest BCUT2D eigenvalue weighted by Gasteiger charge is -2.20. The molecule has 1 aliphatic heterocycles. The summed E-state index contributed by atoms with van der Waals surface area (Å²) in [5.74, 6) is 0.355. The minimum Gasteiger partial charge on any atom is -0.383 e. The fraction of sp³-hybridized carbons (Fsp3) is 0.278. The Morgan fingerprint density at radius 1 is 1.25 bits per heavy atom. The normalized spacial score (nSPS) is 14.9. The monoisotopic (exact) mass is 324 g/mol. The van der Waals surface area contributed by atoms with Gasteiger partial charge in [0.2, 0.25) is 5.91 Å². The number of aromatic nitrogens is 1. The van der Waals surface area contributed by atoms with Gasteiger partial charge < -0.3 is 16.0 Å². The summed E-state index contributed by atoms with van der Waals surface area (Å²) in [5, 5.41) is 2.77. The molecule has 24 heavy (non-hydrogen) atoms. The average Bonchev–Trinajstić information content (AvgIpc) is 2.79. The third-order valence-corrected chi connectivity index (χ3v) is 4.08. The minimum absolute atomic E-state index is 0.0162. The average molecular weight is 324 g/mol. The molecule has 6 heteroatoms. The molecule has 0 spiro atoms. The zero-order valence-corrected chi connectivity index (χ0v) is 13.6. The fourth-order valence-electron chi connectivity index (χ4n) is 2.79. The second-order valence-corrected chi connectivity index (χ2v) is 5.86. The van der Waals surface area contributed by atoms with Crippen LogP contribution in [0.15, 0.2) is 36.4 Å². The maximum atomic E-state index is 12.7. The van der Waals surface area contributed by atoms with Gasteiger partial charge in [0.25, 0.3) is 5.91 Å². The highest BCUT2D eigenvalue weighted by molar-refractivity contribution is 5.96. The van der Waals surface area contributed by atoms with Crippen molar-refractivity contribution < 1.29 is 9.59 Å². The topological polar surface area (TPSA) is 88.3 Å². The third-order valence-electron chi connectivity index (χ3n) is 4.08. The highest BCUT2D eigenvalue weighted by atomic mass is 16.2. The smallest absolute Gasteiger partial charge is 0.253 e. The molecule has 3 N–H and O–H groups in total. The molecule has 1 aliphatic rings. The van der Waals surface area contributed by atoms with Gasteiger partial charge in [-0.05, 0) is 36.8 Å². The summed E-state index contributed by atoms with van der Waals surface area (Å²) in [4.78, 5) is 30.1. The van der Waals surface area contributed by atoms with E-state index >= 15 is 0 Å². The number of pyridine rings is 1. The van der Waals surface area contributed by atoms with Gasteiger partial charge in [0.1, 0.15) is 5.82 Å². The van der Waals surface area contributed by atoms with Gasteiger partial charge in [-0.2, -0.15) is 0 Å². The molecule has 0 unspecified atom stereocenters. The van der Waals surface area contributed by atoms with E-state index in [1.165, 1.54) is 0 Å². The molecule has 124 valence electrons. The van der Waals surface area contributed by atoms with Crippen LogP contribution < -0.4 is 11.1 Å². The zero-order valence-electron chi connectivity index (χ0n) is 13.6. The molecule has 2 heterocycles. The molecule has 0 saturated carbocycles. The first kappa shape index (κ1) is 16.0. The van der Waals surface area contributed by atoms with Gasteiger partial charge in [-0.3, -0.25) is 9.59 Å². The van der Waals surface area contributed by atoms with Crippen LogP contribution in [0.3, 0.4) is 0 Å². The second-order valence-electron chi connectivity index (χ2n) is 5.86. The van der Waals surface area contributed by atoms with E-state index in [9.17, 15) is 9.59 Å². The van der Waals surface area contributed by atoms with Crippen LogP contribution in [0.2, 0.25) is 0 Å².